The van der Waals surface area contributed by atoms with Gasteiger partial charge in [0.15, 0.2) is 5.65 Å². The van der Waals surface area contributed by atoms with Crippen LogP contribution in [0.3, 0.4) is 0 Å². The van der Waals surface area contributed by atoms with Crippen molar-refractivity contribution in [2.45, 2.75) is 19.9 Å². The third kappa shape index (κ3) is 3.93. The Morgan fingerprint density at radius 3 is 2.62 bits per heavy atom. The number of aromatic nitrogens is 3. The van der Waals surface area contributed by atoms with Gasteiger partial charge in [-0.3, -0.25) is 4.79 Å². The lowest BCUT2D eigenvalue weighted by atomic mass is 10.2. The Morgan fingerprint density at radius 2 is 1.92 bits per heavy atom. The number of nitrogens with zero attached hydrogens (tertiary/aromatic N) is 3. The Morgan fingerprint density at radius 1 is 1.19 bits per heavy atom. The second-order valence-corrected chi connectivity index (χ2v) is 6.10. The lowest BCUT2D eigenvalue weighted by Crippen LogP contribution is -2.28. The fourth-order valence-electron chi connectivity index (χ4n) is 2.55. The standard InChI is InChI=1S/C19H22N4O3/c1-13(2)23-18-14(12-22-23)10-15(11-21-18)19(24)20-8-9-26-17-6-4-16(25-3)5-7-17/h4-7,10-13H,8-9H2,1-3H3,(H,20,24). The average Bonchev–Trinajstić information content (AvgIpc) is 3.09. The second kappa shape index (κ2) is 7.86. The van der Waals surface area contributed by atoms with E-state index in [1.807, 2.05) is 42.8 Å². The Hall–Kier alpha value is -3.09. The van der Waals surface area contributed by atoms with E-state index in [1.54, 1.807) is 25.6 Å². The molecule has 0 fully saturated rings. The molecule has 0 unspecified atom stereocenters. The molecule has 0 aliphatic heterocycles. The molecule has 1 aromatic carbocycles. The summed E-state index contributed by atoms with van der Waals surface area (Å²) in [7, 11) is 1.62. The lowest BCUT2D eigenvalue weighted by Gasteiger charge is -2.09. The van der Waals surface area contributed by atoms with Gasteiger partial charge in [0.1, 0.15) is 18.1 Å². The molecule has 1 amide bonds. The first kappa shape index (κ1) is 17.7. The summed E-state index contributed by atoms with van der Waals surface area (Å²) in [6, 6.07) is 9.32. The van der Waals surface area contributed by atoms with Gasteiger partial charge in [0, 0.05) is 17.6 Å². The molecule has 0 bridgehead atoms. The van der Waals surface area contributed by atoms with Gasteiger partial charge in [0.05, 0.1) is 25.4 Å². The van der Waals surface area contributed by atoms with Crippen molar-refractivity contribution in [2.75, 3.05) is 20.3 Å². The highest BCUT2D eigenvalue weighted by atomic mass is 16.5. The Labute approximate surface area is 151 Å². The summed E-state index contributed by atoms with van der Waals surface area (Å²) in [4.78, 5) is 16.6. The van der Waals surface area contributed by atoms with Gasteiger partial charge < -0.3 is 14.8 Å². The molecular weight excluding hydrogens is 332 g/mol. The van der Waals surface area contributed by atoms with Crippen molar-refractivity contribution in [3.8, 4) is 11.5 Å². The maximum absolute atomic E-state index is 12.3. The number of carbonyl (C=O) groups excluding carboxylic acids is 1. The van der Waals surface area contributed by atoms with Crippen molar-refractivity contribution in [2.24, 2.45) is 0 Å². The van der Waals surface area contributed by atoms with Gasteiger partial charge in [0.25, 0.3) is 5.91 Å². The third-order valence-electron chi connectivity index (χ3n) is 3.90. The van der Waals surface area contributed by atoms with E-state index in [2.05, 4.69) is 15.4 Å². The molecule has 2 heterocycles. The number of pyridine rings is 1. The Kier molecular flexibility index (Phi) is 5.36. The second-order valence-electron chi connectivity index (χ2n) is 6.10. The van der Waals surface area contributed by atoms with Crippen LogP contribution in [0.1, 0.15) is 30.2 Å². The Bertz CT molecular complexity index is 887. The van der Waals surface area contributed by atoms with E-state index in [0.29, 0.717) is 18.7 Å². The molecule has 0 aliphatic rings. The molecular formula is C19H22N4O3. The molecule has 0 saturated heterocycles. The zero-order valence-corrected chi connectivity index (χ0v) is 15.1. The van der Waals surface area contributed by atoms with E-state index in [9.17, 15) is 4.79 Å². The topological polar surface area (TPSA) is 78.3 Å². The predicted octanol–water partition coefficient (Wildman–Crippen LogP) is 2.83. The SMILES string of the molecule is COc1ccc(OCCNC(=O)c2cnc3c(cnn3C(C)C)c2)cc1. The van der Waals surface area contributed by atoms with Gasteiger partial charge in [-0.15, -0.1) is 0 Å². The molecule has 136 valence electrons. The summed E-state index contributed by atoms with van der Waals surface area (Å²) in [6.45, 7) is 4.85. The van der Waals surface area contributed by atoms with Gasteiger partial charge >= 0.3 is 0 Å². The normalized spacial score (nSPS) is 10.9. The number of amides is 1. The smallest absolute Gasteiger partial charge is 0.252 e. The summed E-state index contributed by atoms with van der Waals surface area (Å²) in [5.74, 6) is 1.31. The first-order valence-corrected chi connectivity index (χ1v) is 8.47. The quantitative estimate of drug-likeness (QED) is 0.660. The van der Waals surface area contributed by atoms with Crippen LogP contribution in [-0.2, 0) is 0 Å². The van der Waals surface area contributed by atoms with Crippen molar-refractivity contribution >= 4 is 16.9 Å². The molecule has 3 rings (SSSR count). The molecule has 7 nitrogen and oxygen atoms in total. The summed E-state index contributed by atoms with van der Waals surface area (Å²) in [5, 5.41) is 7.99. The van der Waals surface area contributed by atoms with Crippen LogP contribution in [0.5, 0.6) is 11.5 Å². The van der Waals surface area contributed by atoms with E-state index in [-0.39, 0.29) is 11.9 Å². The van der Waals surface area contributed by atoms with E-state index < -0.39 is 0 Å². The largest absolute Gasteiger partial charge is 0.497 e. The van der Waals surface area contributed by atoms with Crippen molar-refractivity contribution in [1.82, 2.24) is 20.1 Å². The molecule has 7 heteroatoms. The molecule has 0 aliphatic carbocycles. The van der Waals surface area contributed by atoms with Crippen molar-refractivity contribution in [1.29, 1.82) is 0 Å². The number of benzene rings is 1. The summed E-state index contributed by atoms with van der Waals surface area (Å²) in [5.41, 5.74) is 1.28. The number of methoxy groups -OCH3 is 1. The molecule has 0 radical (unpaired) electrons. The highest BCUT2D eigenvalue weighted by molar-refractivity contribution is 5.96. The number of ether oxygens (including phenoxy) is 2. The number of fused-ring (bicyclic) bond motifs is 1. The lowest BCUT2D eigenvalue weighted by molar-refractivity contribution is 0.0947. The molecule has 2 aromatic heterocycles. The highest BCUT2D eigenvalue weighted by Crippen LogP contribution is 2.17. The van der Waals surface area contributed by atoms with Crippen LogP contribution in [0.4, 0.5) is 0 Å². The first-order chi connectivity index (χ1) is 12.6. The van der Waals surface area contributed by atoms with Crippen LogP contribution in [-0.4, -0.2) is 40.9 Å². The van der Waals surface area contributed by atoms with E-state index in [4.69, 9.17) is 9.47 Å². The minimum Gasteiger partial charge on any atom is -0.497 e. The fraction of sp³-hybridized carbons (Fsp3) is 0.316. The van der Waals surface area contributed by atoms with Gasteiger partial charge in [-0.1, -0.05) is 0 Å². The minimum atomic E-state index is -0.185. The fourth-order valence-corrected chi connectivity index (χ4v) is 2.55. The van der Waals surface area contributed by atoms with Crippen LogP contribution in [0.15, 0.2) is 42.7 Å². The Balaban J connectivity index is 1.53. The summed E-state index contributed by atoms with van der Waals surface area (Å²) < 4.78 is 12.5. The van der Waals surface area contributed by atoms with Crippen LogP contribution < -0.4 is 14.8 Å². The number of carbonyl (C=O) groups is 1. The van der Waals surface area contributed by atoms with Crippen LogP contribution in [0.25, 0.3) is 11.0 Å². The van der Waals surface area contributed by atoms with Gasteiger partial charge in [-0.05, 0) is 44.2 Å². The van der Waals surface area contributed by atoms with E-state index in [0.717, 1.165) is 22.5 Å². The van der Waals surface area contributed by atoms with Gasteiger partial charge in [-0.2, -0.15) is 5.10 Å². The highest BCUT2D eigenvalue weighted by Gasteiger charge is 2.11. The molecule has 0 atom stereocenters. The maximum atomic E-state index is 12.3. The number of rotatable bonds is 7. The third-order valence-corrected chi connectivity index (χ3v) is 3.90. The van der Waals surface area contributed by atoms with Crippen LogP contribution in [0.2, 0.25) is 0 Å². The maximum Gasteiger partial charge on any atom is 0.252 e. The average molecular weight is 354 g/mol. The number of hydrogen-bond donors (Lipinski definition) is 1. The first-order valence-electron chi connectivity index (χ1n) is 8.47. The zero-order chi connectivity index (χ0) is 18.5. The predicted molar refractivity (Wildman–Crippen MR) is 98.7 cm³/mol. The van der Waals surface area contributed by atoms with Crippen molar-refractivity contribution in [3.05, 3.63) is 48.3 Å². The molecule has 3 aromatic rings. The van der Waals surface area contributed by atoms with Gasteiger partial charge in [0.2, 0.25) is 0 Å². The van der Waals surface area contributed by atoms with Crippen LogP contribution in [0, 0.1) is 0 Å². The molecule has 26 heavy (non-hydrogen) atoms. The molecule has 0 spiro atoms. The van der Waals surface area contributed by atoms with Crippen LogP contribution >= 0.6 is 0 Å². The van der Waals surface area contributed by atoms with Crippen molar-refractivity contribution in [3.63, 3.8) is 0 Å². The minimum absolute atomic E-state index is 0.185. The number of hydrogen-bond acceptors (Lipinski definition) is 5. The monoisotopic (exact) mass is 354 g/mol. The summed E-state index contributed by atoms with van der Waals surface area (Å²) >= 11 is 0. The van der Waals surface area contributed by atoms with Crippen molar-refractivity contribution < 1.29 is 14.3 Å². The van der Waals surface area contributed by atoms with Gasteiger partial charge in [-0.25, -0.2) is 9.67 Å². The molecule has 1 N–H and O–H groups in total. The van der Waals surface area contributed by atoms with E-state index in [1.165, 1.54) is 0 Å². The molecule has 0 saturated carbocycles. The number of nitrogens with one attached hydrogen (secondary N) is 1. The summed E-state index contributed by atoms with van der Waals surface area (Å²) in [6.07, 6.45) is 3.30. The zero-order valence-electron chi connectivity index (χ0n) is 15.1. The van der Waals surface area contributed by atoms with E-state index >= 15 is 0 Å².